The first-order valence-corrected chi connectivity index (χ1v) is 8.97. The Balaban J connectivity index is 1.89. The number of carbonyl (C=O) groups is 1. The fourth-order valence-electron chi connectivity index (χ4n) is 2.56. The minimum atomic E-state index is -3.33. The number of nitrogens with zero attached hydrogens (tertiary/aromatic N) is 2. The third-order valence-electron chi connectivity index (χ3n) is 3.62. The van der Waals surface area contributed by atoms with Gasteiger partial charge in [0.1, 0.15) is 6.04 Å². The lowest BCUT2D eigenvalue weighted by Gasteiger charge is -2.32. The molecule has 0 unspecified atom stereocenters. The van der Waals surface area contributed by atoms with Crippen LogP contribution in [0.4, 0.5) is 0 Å². The zero-order valence-electron chi connectivity index (χ0n) is 12.2. The molecule has 2 heterocycles. The van der Waals surface area contributed by atoms with Crippen molar-refractivity contribution < 1.29 is 13.2 Å². The molecule has 116 valence electrons. The van der Waals surface area contributed by atoms with Gasteiger partial charge in [0, 0.05) is 25.5 Å². The molecule has 6 nitrogen and oxygen atoms in total. The SMILES string of the molecule is CS(=O)(=O)N1CCCC[C@@H]1C(=O)NCCc1cccnc1. The summed E-state index contributed by atoms with van der Waals surface area (Å²) < 4.78 is 24.8. The molecule has 0 saturated carbocycles. The van der Waals surface area contributed by atoms with E-state index in [1.165, 1.54) is 4.31 Å². The van der Waals surface area contributed by atoms with Crippen molar-refractivity contribution in [2.75, 3.05) is 19.3 Å². The van der Waals surface area contributed by atoms with E-state index in [4.69, 9.17) is 0 Å². The number of hydrogen-bond donors (Lipinski definition) is 1. The minimum absolute atomic E-state index is 0.205. The lowest BCUT2D eigenvalue weighted by Crippen LogP contribution is -2.51. The first-order chi connectivity index (χ1) is 9.98. The highest BCUT2D eigenvalue weighted by molar-refractivity contribution is 7.88. The Morgan fingerprint density at radius 1 is 1.48 bits per heavy atom. The molecule has 1 fully saturated rings. The van der Waals surface area contributed by atoms with Crippen LogP contribution in [0.5, 0.6) is 0 Å². The Morgan fingerprint density at radius 2 is 2.29 bits per heavy atom. The van der Waals surface area contributed by atoms with Crippen molar-refractivity contribution in [3.8, 4) is 0 Å². The maximum atomic E-state index is 12.2. The molecule has 1 N–H and O–H groups in total. The van der Waals surface area contributed by atoms with Gasteiger partial charge in [0.2, 0.25) is 15.9 Å². The van der Waals surface area contributed by atoms with Gasteiger partial charge < -0.3 is 5.32 Å². The first-order valence-electron chi connectivity index (χ1n) is 7.12. The van der Waals surface area contributed by atoms with Crippen LogP contribution in [0.25, 0.3) is 0 Å². The number of nitrogens with one attached hydrogen (secondary N) is 1. The van der Waals surface area contributed by atoms with E-state index in [9.17, 15) is 13.2 Å². The predicted molar refractivity (Wildman–Crippen MR) is 80.1 cm³/mol. The smallest absolute Gasteiger partial charge is 0.238 e. The maximum absolute atomic E-state index is 12.2. The van der Waals surface area contributed by atoms with Crippen molar-refractivity contribution in [2.24, 2.45) is 0 Å². The summed E-state index contributed by atoms with van der Waals surface area (Å²) in [5, 5.41) is 2.83. The molecule has 1 atom stereocenters. The number of pyridine rings is 1. The van der Waals surface area contributed by atoms with E-state index in [0.29, 0.717) is 25.9 Å². The van der Waals surface area contributed by atoms with E-state index in [2.05, 4.69) is 10.3 Å². The van der Waals surface area contributed by atoms with Gasteiger partial charge in [-0.1, -0.05) is 12.5 Å². The molecule has 0 spiro atoms. The highest BCUT2D eigenvalue weighted by atomic mass is 32.2. The Labute approximate surface area is 125 Å². The Kier molecular flexibility index (Phi) is 5.30. The van der Waals surface area contributed by atoms with E-state index < -0.39 is 16.1 Å². The molecule has 1 aliphatic heterocycles. The second-order valence-electron chi connectivity index (χ2n) is 5.29. The maximum Gasteiger partial charge on any atom is 0.238 e. The second kappa shape index (κ2) is 7.00. The largest absolute Gasteiger partial charge is 0.354 e. The molecule has 0 aliphatic carbocycles. The molecule has 0 radical (unpaired) electrons. The summed E-state index contributed by atoms with van der Waals surface area (Å²) in [5.74, 6) is -0.205. The van der Waals surface area contributed by atoms with Gasteiger partial charge in [-0.15, -0.1) is 0 Å². The summed E-state index contributed by atoms with van der Waals surface area (Å²) in [5.41, 5.74) is 1.04. The lowest BCUT2D eigenvalue weighted by atomic mass is 10.0. The molecule has 1 aromatic rings. The molecule has 0 bridgehead atoms. The van der Waals surface area contributed by atoms with Gasteiger partial charge in [0.25, 0.3) is 0 Å². The highest BCUT2D eigenvalue weighted by Gasteiger charge is 2.34. The summed E-state index contributed by atoms with van der Waals surface area (Å²) in [7, 11) is -3.33. The van der Waals surface area contributed by atoms with Crippen LogP contribution in [-0.2, 0) is 21.2 Å². The fraction of sp³-hybridized carbons (Fsp3) is 0.571. The summed E-state index contributed by atoms with van der Waals surface area (Å²) in [6.45, 7) is 0.915. The Bertz CT molecular complexity index is 574. The summed E-state index contributed by atoms with van der Waals surface area (Å²) in [6.07, 6.45) is 7.59. The highest BCUT2D eigenvalue weighted by Crippen LogP contribution is 2.19. The molecule has 1 aromatic heterocycles. The molecule has 1 amide bonds. The normalized spacial score (nSPS) is 20.1. The fourth-order valence-corrected chi connectivity index (χ4v) is 3.68. The van der Waals surface area contributed by atoms with Crippen LogP contribution in [0.2, 0.25) is 0 Å². The van der Waals surface area contributed by atoms with Gasteiger partial charge in [-0.3, -0.25) is 9.78 Å². The van der Waals surface area contributed by atoms with E-state index in [1.54, 1.807) is 12.4 Å². The molecule has 0 aromatic carbocycles. The van der Waals surface area contributed by atoms with E-state index in [1.807, 2.05) is 12.1 Å². The summed E-state index contributed by atoms with van der Waals surface area (Å²) in [6, 6.07) is 3.23. The Hall–Kier alpha value is -1.47. The van der Waals surface area contributed by atoms with Gasteiger partial charge in [-0.05, 0) is 30.9 Å². The third kappa shape index (κ3) is 4.50. The van der Waals surface area contributed by atoms with Crippen molar-refractivity contribution in [2.45, 2.75) is 31.7 Å². The van der Waals surface area contributed by atoms with Gasteiger partial charge in [-0.2, -0.15) is 4.31 Å². The van der Waals surface area contributed by atoms with Crippen molar-refractivity contribution >= 4 is 15.9 Å². The molecular formula is C14H21N3O3S. The van der Waals surface area contributed by atoms with Crippen molar-refractivity contribution in [3.05, 3.63) is 30.1 Å². The zero-order chi connectivity index (χ0) is 15.3. The molecule has 1 saturated heterocycles. The van der Waals surface area contributed by atoms with Gasteiger partial charge >= 0.3 is 0 Å². The van der Waals surface area contributed by atoms with E-state index in [-0.39, 0.29) is 5.91 Å². The molecule has 7 heteroatoms. The second-order valence-corrected chi connectivity index (χ2v) is 7.22. The van der Waals surface area contributed by atoms with Crippen molar-refractivity contribution in [1.82, 2.24) is 14.6 Å². The standard InChI is InChI=1S/C14H21N3O3S/c1-21(19,20)17-10-3-2-6-13(17)14(18)16-9-7-12-5-4-8-15-11-12/h4-5,8,11,13H,2-3,6-7,9-10H2,1H3,(H,16,18)/t13-/m1/s1. The number of rotatable bonds is 5. The number of aromatic nitrogens is 1. The van der Waals surface area contributed by atoms with Gasteiger partial charge in [0.15, 0.2) is 0 Å². The first kappa shape index (κ1) is 15.9. The van der Waals surface area contributed by atoms with Crippen LogP contribution < -0.4 is 5.32 Å². The average molecular weight is 311 g/mol. The quantitative estimate of drug-likeness (QED) is 0.861. The van der Waals surface area contributed by atoms with Crippen LogP contribution in [0.15, 0.2) is 24.5 Å². The van der Waals surface area contributed by atoms with Crippen molar-refractivity contribution in [1.29, 1.82) is 0 Å². The summed E-state index contributed by atoms with van der Waals surface area (Å²) in [4.78, 5) is 16.2. The monoisotopic (exact) mass is 311 g/mol. The van der Waals surface area contributed by atoms with Crippen LogP contribution >= 0.6 is 0 Å². The zero-order valence-corrected chi connectivity index (χ0v) is 13.0. The Morgan fingerprint density at radius 3 is 2.95 bits per heavy atom. The summed E-state index contributed by atoms with van der Waals surface area (Å²) >= 11 is 0. The average Bonchev–Trinajstić information content (AvgIpc) is 2.47. The molecular weight excluding hydrogens is 290 g/mol. The van der Waals surface area contributed by atoms with E-state index >= 15 is 0 Å². The number of amides is 1. The van der Waals surface area contributed by atoms with E-state index in [0.717, 1.165) is 24.7 Å². The van der Waals surface area contributed by atoms with Gasteiger partial charge in [-0.25, -0.2) is 8.42 Å². The lowest BCUT2D eigenvalue weighted by molar-refractivity contribution is -0.125. The van der Waals surface area contributed by atoms with Crippen molar-refractivity contribution in [3.63, 3.8) is 0 Å². The molecule has 1 aliphatic rings. The molecule has 21 heavy (non-hydrogen) atoms. The van der Waals surface area contributed by atoms with Gasteiger partial charge in [0.05, 0.1) is 6.26 Å². The van der Waals surface area contributed by atoms with Crippen LogP contribution in [0.1, 0.15) is 24.8 Å². The van der Waals surface area contributed by atoms with Crippen LogP contribution in [0.3, 0.4) is 0 Å². The predicted octanol–water partition coefficient (Wildman–Crippen LogP) is 0.554. The minimum Gasteiger partial charge on any atom is -0.354 e. The number of hydrogen-bond acceptors (Lipinski definition) is 4. The topological polar surface area (TPSA) is 79.4 Å². The number of carbonyl (C=O) groups excluding carboxylic acids is 1. The molecule has 2 rings (SSSR count). The van der Waals surface area contributed by atoms with Crippen LogP contribution in [-0.4, -0.2) is 49.0 Å². The number of sulfonamides is 1. The third-order valence-corrected chi connectivity index (χ3v) is 4.91. The number of piperidine rings is 1. The van der Waals surface area contributed by atoms with Crippen LogP contribution in [0, 0.1) is 0 Å².